The van der Waals surface area contributed by atoms with Gasteiger partial charge in [-0.05, 0) is 61.9 Å². The molecular weight excluding hydrogens is 414 g/mol. The Bertz CT molecular complexity index is 956. The van der Waals surface area contributed by atoms with Crippen molar-refractivity contribution in [2.45, 2.75) is 49.8 Å². The maximum Gasteiger partial charge on any atom is 0.407 e. The summed E-state index contributed by atoms with van der Waals surface area (Å²) < 4.78 is 6.33. The lowest BCUT2D eigenvalue weighted by molar-refractivity contribution is 0.0469. The van der Waals surface area contributed by atoms with Gasteiger partial charge in [-0.15, -0.1) is 0 Å². The Morgan fingerprint density at radius 3 is 2.68 bits per heavy atom. The number of carbonyl (C=O) groups is 1. The quantitative estimate of drug-likeness (QED) is 0.708. The van der Waals surface area contributed by atoms with E-state index in [1.54, 1.807) is 23.1 Å². The maximum absolute atomic E-state index is 12.4. The third kappa shape index (κ3) is 4.79. The monoisotopic (exact) mass is 439 g/mol. The van der Waals surface area contributed by atoms with Gasteiger partial charge in [-0.1, -0.05) is 41.9 Å². The average molecular weight is 440 g/mol. The zero-order valence-electron chi connectivity index (χ0n) is 17.2. The van der Waals surface area contributed by atoms with Crippen LogP contribution in [0.25, 0.3) is 0 Å². The van der Waals surface area contributed by atoms with Gasteiger partial charge in [-0.2, -0.15) is 5.26 Å². The molecule has 7 heteroatoms. The number of nitriles is 1. The van der Waals surface area contributed by atoms with Gasteiger partial charge in [0.1, 0.15) is 11.9 Å². The molecule has 4 atom stereocenters. The lowest BCUT2D eigenvalue weighted by atomic mass is 9.97. The standard InChI is InChI=1S/C24H26ClN3O3/c25-20-11-16(14-26)8-9-22(20)31-23-13-18(17-5-2-1-3-6-17)12-21(23)28(24(29)30)19-7-4-10-27-15-19/h1-3,5-6,8-9,11,18-19,21,23,27H,4,7,10,12-13,15H2,(H,29,30)/t18-,19-,21-,23-/m1/s1. The van der Waals surface area contributed by atoms with Crippen LogP contribution in [0.3, 0.4) is 0 Å². The van der Waals surface area contributed by atoms with Gasteiger partial charge in [0, 0.05) is 12.6 Å². The number of halogens is 1. The Hall–Kier alpha value is -2.75. The summed E-state index contributed by atoms with van der Waals surface area (Å²) in [4.78, 5) is 14.0. The van der Waals surface area contributed by atoms with Gasteiger partial charge in [0.15, 0.2) is 0 Å². The van der Waals surface area contributed by atoms with E-state index in [9.17, 15) is 9.90 Å². The van der Waals surface area contributed by atoms with E-state index in [0.717, 1.165) is 19.4 Å². The van der Waals surface area contributed by atoms with Crippen molar-refractivity contribution in [3.05, 3.63) is 64.7 Å². The third-order valence-electron chi connectivity index (χ3n) is 6.32. The lowest BCUT2D eigenvalue weighted by Gasteiger charge is -2.39. The zero-order valence-corrected chi connectivity index (χ0v) is 18.0. The zero-order chi connectivity index (χ0) is 21.8. The number of benzene rings is 2. The fraction of sp³-hybridized carbons (Fsp3) is 0.417. The smallest absolute Gasteiger partial charge is 0.407 e. The molecular formula is C24H26ClN3O3. The van der Waals surface area contributed by atoms with E-state index in [-0.39, 0.29) is 24.1 Å². The molecule has 2 aromatic rings. The molecule has 0 radical (unpaired) electrons. The number of nitrogens with zero attached hydrogens (tertiary/aromatic N) is 2. The molecule has 1 saturated heterocycles. The summed E-state index contributed by atoms with van der Waals surface area (Å²) in [5.41, 5.74) is 1.65. The number of piperidine rings is 1. The minimum atomic E-state index is -0.910. The second-order valence-corrected chi connectivity index (χ2v) is 8.66. The van der Waals surface area contributed by atoms with Gasteiger partial charge >= 0.3 is 6.09 Å². The highest BCUT2D eigenvalue weighted by atomic mass is 35.5. The molecule has 0 unspecified atom stereocenters. The van der Waals surface area contributed by atoms with E-state index >= 15 is 0 Å². The van der Waals surface area contributed by atoms with Crippen molar-refractivity contribution < 1.29 is 14.6 Å². The van der Waals surface area contributed by atoms with Crippen LogP contribution in [0.2, 0.25) is 5.02 Å². The highest BCUT2D eigenvalue weighted by Gasteiger charge is 2.44. The first-order chi connectivity index (χ1) is 15.1. The van der Waals surface area contributed by atoms with Crippen LogP contribution in [-0.4, -0.2) is 47.4 Å². The highest BCUT2D eigenvalue weighted by molar-refractivity contribution is 6.32. The maximum atomic E-state index is 12.4. The van der Waals surface area contributed by atoms with Crippen LogP contribution in [0, 0.1) is 11.3 Å². The fourth-order valence-corrected chi connectivity index (χ4v) is 5.09. The van der Waals surface area contributed by atoms with Crippen LogP contribution in [0.1, 0.15) is 42.7 Å². The van der Waals surface area contributed by atoms with E-state index in [4.69, 9.17) is 21.6 Å². The molecule has 1 heterocycles. The number of rotatable bonds is 5. The Morgan fingerprint density at radius 2 is 2.03 bits per heavy atom. The van der Waals surface area contributed by atoms with Crippen LogP contribution in [0.15, 0.2) is 48.5 Å². The molecule has 2 fully saturated rings. The summed E-state index contributed by atoms with van der Waals surface area (Å²) in [5, 5.41) is 22.9. The SMILES string of the molecule is N#Cc1ccc(O[C@@H]2C[C@H](c3ccccc3)C[C@H]2N(C(=O)O)[C@@H]2CCCNC2)c(Cl)c1. The normalized spacial score (nSPS) is 25.5. The van der Waals surface area contributed by atoms with Crippen molar-refractivity contribution in [2.24, 2.45) is 0 Å². The minimum absolute atomic E-state index is 0.0756. The molecule has 2 N–H and O–H groups in total. The molecule has 0 aromatic heterocycles. The van der Waals surface area contributed by atoms with Crippen molar-refractivity contribution in [3.63, 3.8) is 0 Å². The molecule has 6 nitrogen and oxygen atoms in total. The van der Waals surface area contributed by atoms with E-state index in [1.165, 1.54) is 5.56 Å². The largest absolute Gasteiger partial charge is 0.487 e. The van der Waals surface area contributed by atoms with Crippen LogP contribution >= 0.6 is 11.6 Å². The molecule has 0 bridgehead atoms. The number of amides is 1. The Balaban J connectivity index is 1.63. The number of nitrogens with one attached hydrogen (secondary N) is 1. The summed E-state index contributed by atoms with van der Waals surface area (Å²) in [7, 11) is 0. The molecule has 31 heavy (non-hydrogen) atoms. The van der Waals surface area contributed by atoms with Crippen LogP contribution in [-0.2, 0) is 0 Å². The van der Waals surface area contributed by atoms with Gasteiger partial charge in [0.25, 0.3) is 0 Å². The molecule has 4 rings (SSSR count). The second-order valence-electron chi connectivity index (χ2n) is 8.25. The fourth-order valence-electron chi connectivity index (χ4n) is 4.86. The topological polar surface area (TPSA) is 85.6 Å². The second kappa shape index (κ2) is 9.59. The van der Waals surface area contributed by atoms with E-state index in [2.05, 4.69) is 23.5 Å². The molecule has 2 aliphatic rings. The third-order valence-corrected chi connectivity index (χ3v) is 6.62. The summed E-state index contributed by atoms with van der Waals surface area (Å²) >= 11 is 6.36. The Morgan fingerprint density at radius 1 is 1.23 bits per heavy atom. The van der Waals surface area contributed by atoms with Gasteiger partial charge in [-0.25, -0.2) is 4.79 Å². The van der Waals surface area contributed by atoms with Crippen LogP contribution in [0.4, 0.5) is 4.79 Å². The highest BCUT2D eigenvalue weighted by Crippen LogP contribution is 2.41. The van der Waals surface area contributed by atoms with Crippen LogP contribution < -0.4 is 10.1 Å². The summed E-state index contributed by atoms with van der Waals surface area (Å²) in [5.74, 6) is 0.684. The predicted molar refractivity (Wildman–Crippen MR) is 119 cm³/mol. The molecule has 1 aliphatic carbocycles. The number of ether oxygens (including phenoxy) is 1. The first-order valence-electron chi connectivity index (χ1n) is 10.7. The first-order valence-corrected chi connectivity index (χ1v) is 11.1. The molecule has 2 aromatic carbocycles. The number of hydrogen-bond acceptors (Lipinski definition) is 4. The van der Waals surface area contributed by atoms with E-state index < -0.39 is 6.09 Å². The van der Waals surface area contributed by atoms with E-state index in [1.807, 2.05) is 18.2 Å². The first kappa shape index (κ1) is 21.5. The van der Waals surface area contributed by atoms with Crippen molar-refractivity contribution in [1.82, 2.24) is 10.2 Å². The minimum Gasteiger partial charge on any atom is -0.487 e. The van der Waals surface area contributed by atoms with Crippen molar-refractivity contribution in [3.8, 4) is 11.8 Å². The summed E-state index contributed by atoms with van der Waals surface area (Å²) in [6.45, 7) is 1.57. The van der Waals surface area contributed by atoms with Gasteiger partial charge in [-0.3, -0.25) is 4.90 Å². The van der Waals surface area contributed by atoms with Gasteiger partial charge in [0.05, 0.1) is 22.7 Å². The molecule has 1 aliphatic heterocycles. The molecule has 1 amide bonds. The number of carboxylic acid groups (broad SMARTS) is 1. The Labute approximate surface area is 187 Å². The Kier molecular flexibility index (Phi) is 6.64. The summed E-state index contributed by atoms with van der Waals surface area (Å²) in [6.07, 6.45) is 1.97. The van der Waals surface area contributed by atoms with E-state index in [0.29, 0.717) is 35.7 Å². The average Bonchev–Trinajstić information content (AvgIpc) is 3.19. The van der Waals surface area contributed by atoms with Crippen molar-refractivity contribution in [2.75, 3.05) is 13.1 Å². The molecule has 162 valence electrons. The number of hydrogen-bond donors (Lipinski definition) is 2. The van der Waals surface area contributed by atoms with Gasteiger partial charge in [0.2, 0.25) is 0 Å². The lowest BCUT2D eigenvalue weighted by Crippen LogP contribution is -2.55. The summed E-state index contributed by atoms with van der Waals surface area (Å²) in [6, 6.07) is 16.8. The van der Waals surface area contributed by atoms with Gasteiger partial charge < -0.3 is 15.2 Å². The van der Waals surface area contributed by atoms with Crippen molar-refractivity contribution in [1.29, 1.82) is 5.26 Å². The van der Waals surface area contributed by atoms with Crippen molar-refractivity contribution >= 4 is 17.7 Å². The predicted octanol–water partition coefficient (Wildman–Crippen LogP) is 4.64. The molecule has 0 spiro atoms. The van der Waals surface area contributed by atoms with Crippen LogP contribution in [0.5, 0.6) is 5.75 Å². The molecule has 1 saturated carbocycles.